The SMILES string of the molecule is CC1=C(C(=O)NC2(CN3CCCCC3)CCCCC2)[C@H](C)NC(=O)N1. The highest BCUT2D eigenvalue weighted by Gasteiger charge is 2.38. The molecule has 3 rings (SSSR count). The molecular formula is C19H32N4O2. The number of hydrogen-bond acceptors (Lipinski definition) is 3. The Bertz CT molecular complexity index is 546. The first kappa shape index (κ1) is 18.2. The Morgan fingerprint density at radius 3 is 2.44 bits per heavy atom. The molecule has 6 nitrogen and oxygen atoms in total. The van der Waals surface area contributed by atoms with Crippen molar-refractivity contribution >= 4 is 11.9 Å². The fourth-order valence-electron chi connectivity index (χ4n) is 4.64. The molecule has 1 saturated carbocycles. The third-order valence-electron chi connectivity index (χ3n) is 5.89. The summed E-state index contributed by atoms with van der Waals surface area (Å²) in [4.78, 5) is 27.2. The third kappa shape index (κ3) is 4.35. The van der Waals surface area contributed by atoms with Gasteiger partial charge in [-0.1, -0.05) is 25.7 Å². The molecule has 2 heterocycles. The van der Waals surface area contributed by atoms with Gasteiger partial charge in [0.05, 0.1) is 17.2 Å². The summed E-state index contributed by atoms with van der Waals surface area (Å²) in [6.07, 6.45) is 9.57. The van der Waals surface area contributed by atoms with Crippen molar-refractivity contribution in [2.75, 3.05) is 19.6 Å². The molecule has 25 heavy (non-hydrogen) atoms. The van der Waals surface area contributed by atoms with Gasteiger partial charge in [-0.05, 0) is 52.6 Å². The molecule has 3 N–H and O–H groups in total. The highest BCUT2D eigenvalue weighted by molar-refractivity contribution is 5.98. The predicted molar refractivity (Wildman–Crippen MR) is 98.1 cm³/mol. The van der Waals surface area contributed by atoms with Crippen LogP contribution in [0.1, 0.15) is 65.2 Å². The molecular weight excluding hydrogens is 316 g/mol. The van der Waals surface area contributed by atoms with Crippen molar-refractivity contribution in [2.45, 2.75) is 76.8 Å². The van der Waals surface area contributed by atoms with Gasteiger partial charge in [0.2, 0.25) is 0 Å². The number of likely N-dealkylation sites (tertiary alicyclic amines) is 1. The molecule has 0 unspecified atom stereocenters. The molecule has 0 aromatic heterocycles. The molecule has 3 aliphatic rings. The number of urea groups is 1. The minimum atomic E-state index is -0.260. The number of amides is 3. The van der Waals surface area contributed by atoms with Gasteiger partial charge in [0, 0.05) is 12.2 Å². The second-order valence-electron chi connectivity index (χ2n) is 7.99. The van der Waals surface area contributed by atoms with Crippen molar-refractivity contribution in [1.29, 1.82) is 0 Å². The van der Waals surface area contributed by atoms with Gasteiger partial charge in [0.1, 0.15) is 0 Å². The number of allylic oxidation sites excluding steroid dienone is 1. The van der Waals surface area contributed by atoms with Crippen LogP contribution in [0.2, 0.25) is 0 Å². The summed E-state index contributed by atoms with van der Waals surface area (Å²) in [6, 6.07) is -0.494. The van der Waals surface area contributed by atoms with Crippen molar-refractivity contribution in [3.63, 3.8) is 0 Å². The van der Waals surface area contributed by atoms with Gasteiger partial charge < -0.3 is 20.9 Å². The Morgan fingerprint density at radius 1 is 1.16 bits per heavy atom. The Kier molecular flexibility index (Phi) is 5.67. The highest BCUT2D eigenvalue weighted by Crippen LogP contribution is 2.31. The van der Waals surface area contributed by atoms with E-state index < -0.39 is 0 Å². The maximum atomic E-state index is 13.1. The van der Waals surface area contributed by atoms with Crippen LogP contribution in [0.5, 0.6) is 0 Å². The van der Waals surface area contributed by atoms with E-state index in [1.54, 1.807) is 0 Å². The smallest absolute Gasteiger partial charge is 0.319 e. The Hall–Kier alpha value is -1.56. The third-order valence-corrected chi connectivity index (χ3v) is 5.89. The quantitative estimate of drug-likeness (QED) is 0.730. The van der Waals surface area contributed by atoms with E-state index in [0.717, 1.165) is 32.5 Å². The van der Waals surface area contributed by atoms with E-state index in [0.29, 0.717) is 11.3 Å². The van der Waals surface area contributed by atoms with Gasteiger partial charge in [0.25, 0.3) is 5.91 Å². The lowest BCUT2D eigenvalue weighted by Crippen LogP contribution is -2.59. The number of hydrogen-bond donors (Lipinski definition) is 3. The zero-order valence-corrected chi connectivity index (χ0v) is 15.6. The van der Waals surface area contributed by atoms with Gasteiger partial charge in [-0.15, -0.1) is 0 Å². The predicted octanol–water partition coefficient (Wildman–Crippen LogP) is 2.27. The van der Waals surface area contributed by atoms with Crippen LogP contribution in [0.25, 0.3) is 0 Å². The fourth-order valence-corrected chi connectivity index (χ4v) is 4.64. The molecule has 1 saturated heterocycles. The molecule has 2 aliphatic heterocycles. The van der Waals surface area contributed by atoms with E-state index >= 15 is 0 Å². The van der Waals surface area contributed by atoms with Crippen LogP contribution in [0.3, 0.4) is 0 Å². The molecule has 3 amide bonds. The zero-order valence-electron chi connectivity index (χ0n) is 15.6. The number of rotatable bonds is 4. The number of nitrogens with one attached hydrogen (secondary N) is 3. The molecule has 2 fully saturated rings. The van der Waals surface area contributed by atoms with E-state index in [1.165, 1.54) is 38.5 Å². The first-order valence-corrected chi connectivity index (χ1v) is 9.82. The minimum Gasteiger partial charge on any atom is -0.345 e. The summed E-state index contributed by atoms with van der Waals surface area (Å²) in [6.45, 7) is 6.93. The molecule has 140 valence electrons. The Balaban J connectivity index is 1.74. The summed E-state index contributed by atoms with van der Waals surface area (Å²) < 4.78 is 0. The summed E-state index contributed by atoms with van der Waals surface area (Å²) in [5.41, 5.74) is 1.20. The second kappa shape index (κ2) is 7.77. The molecule has 0 aromatic carbocycles. The average molecular weight is 348 g/mol. The van der Waals surface area contributed by atoms with Crippen LogP contribution in [-0.4, -0.2) is 48.1 Å². The molecule has 0 aromatic rings. The minimum absolute atomic E-state index is 0.0311. The molecule has 1 atom stereocenters. The van der Waals surface area contributed by atoms with Gasteiger partial charge in [-0.25, -0.2) is 4.79 Å². The normalized spacial score (nSPS) is 27.4. The first-order valence-electron chi connectivity index (χ1n) is 9.82. The van der Waals surface area contributed by atoms with Crippen molar-refractivity contribution < 1.29 is 9.59 Å². The topological polar surface area (TPSA) is 73.5 Å². The van der Waals surface area contributed by atoms with Crippen LogP contribution in [0.4, 0.5) is 4.79 Å². The van der Waals surface area contributed by atoms with E-state index in [2.05, 4.69) is 20.9 Å². The van der Waals surface area contributed by atoms with Crippen molar-refractivity contribution in [3.05, 3.63) is 11.3 Å². The summed E-state index contributed by atoms with van der Waals surface area (Å²) in [5, 5.41) is 8.92. The van der Waals surface area contributed by atoms with Crippen LogP contribution in [0, 0.1) is 0 Å². The van der Waals surface area contributed by atoms with E-state index in [9.17, 15) is 9.59 Å². The summed E-state index contributed by atoms with van der Waals surface area (Å²) in [5.74, 6) is -0.0311. The van der Waals surface area contributed by atoms with Gasteiger partial charge in [-0.2, -0.15) is 0 Å². The lowest BCUT2D eigenvalue weighted by Gasteiger charge is -2.43. The first-order chi connectivity index (χ1) is 12.0. The van der Waals surface area contributed by atoms with E-state index in [4.69, 9.17) is 0 Å². The monoisotopic (exact) mass is 348 g/mol. The molecule has 0 radical (unpaired) electrons. The summed E-state index contributed by atoms with van der Waals surface area (Å²) >= 11 is 0. The van der Waals surface area contributed by atoms with Gasteiger partial charge in [0.15, 0.2) is 0 Å². The van der Waals surface area contributed by atoms with E-state index in [1.807, 2.05) is 13.8 Å². The van der Waals surface area contributed by atoms with Gasteiger partial charge >= 0.3 is 6.03 Å². The van der Waals surface area contributed by atoms with Crippen molar-refractivity contribution in [1.82, 2.24) is 20.9 Å². The molecule has 0 bridgehead atoms. The number of piperidine rings is 1. The van der Waals surface area contributed by atoms with Gasteiger partial charge in [-0.3, -0.25) is 4.79 Å². The number of carbonyl (C=O) groups excluding carboxylic acids is 2. The van der Waals surface area contributed by atoms with Crippen molar-refractivity contribution in [3.8, 4) is 0 Å². The Labute approximate surface area is 150 Å². The van der Waals surface area contributed by atoms with Crippen LogP contribution in [0.15, 0.2) is 11.3 Å². The maximum absolute atomic E-state index is 13.1. The van der Waals surface area contributed by atoms with Crippen LogP contribution < -0.4 is 16.0 Å². The number of carbonyl (C=O) groups is 2. The molecule has 0 spiro atoms. The standard InChI is InChI=1S/C19H32N4O2/c1-14-16(15(2)21-18(25)20-14)17(24)22-19(9-5-3-6-10-19)13-23-11-7-4-8-12-23/h14H,3-13H2,1-2H3,(H,22,24)(H2,20,21,25)/t14-/m0/s1. The maximum Gasteiger partial charge on any atom is 0.319 e. The van der Waals surface area contributed by atoms with E-state index in [-0.39, 0.29) is 23.5 Å². The lowest BCUT2D eigenvalue weighted by molar-refractivity contribution is -0.120. The van der Waals surface area contributed by atoms with Crippen molar-refractivity contribution in [2.24, 2.45) is 0 Å². The molecule has 6 heteroatoms. The second-order valence-corrected chi connectivity index (χ2v) is 7.99. The lowest BCUT2D eigenvalue weighted by atomic mass is 9.80. The van der Waals surface area contributed by atoms with Crippen LogP contribution >= 0.6 is 0 Å². The Morgan fingerprint density at radius 2 is 1.80 bits per heavy atom. The number of nitrogens with zero attached hydrogens (tertiary/aromatic N) is 1. The highest BCUT2D eigenvalue weighted by atomic mass is 16.2. The fraction of sp³-hybridized carbons (Fsp3) is 0.789. The largest absolute Gasteiger partial charge is 0.345 e. The summed E-state index contributed by atoms with van der Waals surface area (Å²) in [7, 11) is 0. The molecule has 1 aliphatic carbocycles. The van der Waals surface area contributed by atoms with Crippen LogP contribution in [-0.2, 0) is 4.79 Å². The zero-order chi connectivity index (χ0) is 17.9. The average Bonchev–Trinajstić information content (AvgIpc) is 2.55.